The lowest BCUT2D eigenvalue weighted by molar-refractivity contribution is -0.136. The summed E-state index contributed by atoms with van der Waals surface area (Å²) < 4.78 is 2.41. The third-order valence-corrected chi connectivity index (χ3v) is 6.04. The number of imidazole rings is 1. The maximum Gasteiger partial charge on any atom is 0.139 e. The van der Waals surface area contributed by atoms with Crippen LogP contribution in [0.15, 0.2) is 24.8 Å². The Balaban J connectivity index is 1.29. The molecule has 0 aromatic carbocycles. The van der Waals surface area contributed by atoms with Gasteiger partial charge in [-0.1, -0.05) is 0 Å². The first-order valence-corrected chi connectivity index (χ1v) is 8.55. The van der Waals surface area contributed by atoms with Crippen LogP contribution in [0.5, 0.6) is 0 Å². The molecule has 6 heteroatoms. The van der Waals surface area contributed by atoms with Crippen LogP contribution in [0.25, 0.3) is 22.1 Å². The van der Waals surface area contributed by atoms with E-state index in [9.17, 15) is 0 Å². The minimum atomic E-state index is 0.271. The molecule has 0 aliphatic heterocycles. The van der Waals surface area contributed by atoms with Crippen molar-refractivity contribution in [3.8, 4) is 0 Å². The number of H-pyrrole nitrogens is 1. The van der Waals surface area contributed by atoms with Crippen molar-refractivity contribution in [2.75, 3.05) is 6.67 Å². The van der Waals surface area contributed by atoms with E-state index in [1.807, 2.05) is 18.7 Å². The smallest absolute Gasteiger partial charge is 0.139 e. The van der Waals surface area contributed by atoms with Gasteiger partial charge >= 0.3 is 0 Å². The molecule has 2 bridgehead atoms. The van der Waals surface area contributed by atoms with Gasteiger partial charge in [0.05, 0.1) is 23.6 Å². The first kappa shape index (κ1) is 12.5. The molecule has 3 N–H and O–H groups in total. The zero-order valence-corrected chi connectivity index (χ0v) is 13.0. The first-order valence-electron chi connectivity index (χ1n) is 8.55. The van der Waals surface area contributed by atoms with E-state index >= 15 is 0 Å². The van der Waals surface area contributed by atoms with Gasteiger partial charge in [-0.25, -0.2) is 9.97 Å². The molecule has 0 radical (unpaired) electrons. The molecule has 3 heterocycles. The minimum absolute atomic E-state index is 0.271. The highest BCUT2D eigenvalue weighted by atomic mass is 15.3. The van der Waals surface area contributed by atoms with Gasteiger partial charge < -0.3 is 14.9 Å². The Bertz CT molecular complexity index is 898. The van der Waals surface area contributed by atoms with Gasteiger partial charge in [0.15, 0.2) is 0 Å². The molecule has 3 aromatic heterocycles. The summed E-state index contributed by atoms with van der Waals surface area (Å²) in [5, 5.41) is 8.48. The largest absolute Gasteiger partial charge is 0.346 e. The van der Waals surface area contributed by atoms with Crippen LogP contribution in [-0.2, 0) is 5.54 Å². The number of hydrogen-bond donors (Lipinski definition) is 3. The fourth-order valence-electron chi connectivity index (χ4n) is 4.72. The van der Waals surface area contributed by atoms with Crippen LogP contribution in [0.3, 0.4) is 0 Å². The SMILES string of the molecule is c1cc2c(ncc3ncn(C45CC(NCNC6CC6)(C4)C5)c32)[nH]1. The monoisotopic (exact) mass is 308 g/mol. The molecule has 0 unspecified atom stereocenters. The van der Waals surface area contributed by atoms with E-state index in [0.717, 1.165) is 23.9 Å². The molecule has 4 aliphatic rings. The maximum absolute atomic E-state index is 4.59. The standard InChI is InChI=1S/C17H20N6/c1-2-11(1)20-9-22-16-6-17(7-16,8-16)23-10-21-13-5-19-15-12(14(13)23)3-4-18-15/h3-5,10-11,20,22H,1-2,6-9H2,(H,18,19). The minimum Gasteiger partial charge on any atom is -0.346 e. The van der Waals surface area contributed by atoms with Crippen molar-refractivity contribution < 1.29 is 0 Å². The zero-order chi connectivity index (χ0) is 15.1. The second kappa shape index (κ2) is 3.94. The normalized spacial score (nSPS) is 32.2. The molecular weight excluding hydrogens is 288 g/mol. The Kier molecular flexibility index (Phi) is 2.14. The van der Waals surface area contributed by atoms with E-state index in [0.29, 0.717) is 5.54 Å². The quantitative estimate of drug-likeness (QED) is 0.629. The third-order valence-electron chi connectivity index (χ3n) is 6.04. The van der Waals surface area contributed by atoms with Crippen LogP contribution in [0.1, 0.15) is 32.1 Å². The first-order chi connectivity index (χ1) is 11.3. The summed E-state index contributed by atoms with van der Waals surface area (Å²) in [6, 6.07) is 2.89. The van der Waals surface area contributed by atoms with Crippen LogP contribution in [0.2, 0.25) is 0 Å². The van der Waals surface area contributed by atoms with Gasteiger partial charge in [-0.05, 0) is 38.2 Å². The highest BCUT2D eigenvalue weighted by Gasteiger charge is 2.69. The molecule has 118 valence electrons. The molecule has 4 fully saturated rings. The lowest BCUT2D eigenvalue weighted by atomic mass is 9.44. The predicted octanol–water partition coefficient (Wildman–Crippen LogP) is 1.84. The van der Waals surface area contributed by atoms with Crippen LogP contribution in [0, 0.1) is 0 Å². The molecule has 4 aliphatic carbocycles. The van der Waals surface area contributed by atoms with Gasteiger partial charge in [-0.3, -0.25) is 5.32 Å². The molecule has 0 spiro atoms. The second-order valence-corrected chi connectivity index (χ2v) is 7.71. The van der Waals surface area contributed by atoms with Crippen molar-refractivity contribution in [3.05, 3.63) is 24.8 Å². The lowest BCUT2D eigenvalue weighted by Gasteiger charge is -2.71. The van der Waals surface area contributed by atoms with Gasteiger partial charge in [-0.15, -0.1) is 0 Å². The van der Waals surface area contributed by atoms with Crippen molar-refractivity contribution in [1.82, 2.24) is 30.2 Å². The zero-order valence-electron chi connectivity index (χ0n) is 13.0. The molecule has 23 heavy (non-hydrogen) atoms. The van der Waals surface area contributed by atoms with Gasteiger partial charge in [0.25, 0.3) is 0 Å². The Hall–Kier alpha value is -1.92. The van der Waals surface area contributed by atoms with Crippen molar-refractivity contribution >= 4 is 22.1 Å². The maximum atomic E-state index is 4.59. The van der Waals surface area contributed by atoms with Crippen molar-refractivity contribution in [2.45, 2.75) is 49.2 Å². The average molecular weight is 308 g/mol. The van der Waals surface area contributed by atoms with Crippen LogP contribution >= 0.6 is 0 Å². The predicted molar refractivity (Wildman–Crippen MR) is 88.1 cm³/mol. The summed E-state index contributed by atoms with van der Waals surface area (Å²) in [7, 11) is 0. The van der Waals surface area contributed by atoms with E-state index in [1.165, 1.54) is 43.0 Å². The summed E-state index contributed by atoms with van der Waals surface area (Å²) in [5.41, 5.74) is 3.82. The van der Waals surface area contributed by atoms with Gasteiger partial charge in [0.2, 0.25) is 0 Å². The number of fused-ring (bicyclic) bond motifs is 3. The van der Waals surface area contributed by atoms with Crippen LogP contribution < -0.4 is 10.6 Å². The van der Waals surface area contributed by atoms with Crippen molar-refractivity contribution in [3.63, 3.8) is 0 Å². The van der Waals surface area contributed by atoms with Crippen molar-refractivity contribution in [1.29, 1.82) is 0 Å². The Labute approximate surface area is 133 Å². The molecular formula is C17H20N6. The fraction of sp³-hybridized carbons (Fsp3) is 0.529. The number of aromatic nitrogens is 4. The van der Waals surface area contributed by atoms with E-state index in [4.69, 9.17) is 0 Å². The molecule has 7 rings (SSSR count). The van der Waals surface area contributed by atoms with Gasteiger partial charge in [0, 0.05) is 29.8 Å². The topological polar surface area (TPSA) is 70.6 Å². The molecule has 0 saturated heterocycles. The second-order valence-electron chi connectivity index (χ2n) is 7.71. The summed E-state index contributed by atoms with van der Waals surface area (Å²) >= 11 is 0. The van der Waals surface area contributed by atoms with Gasteiger partial charge in [-0.2, -0.15) is 0 Å². The van der Waals surface area contributed by atoms with Crippen molar-refractivity contribution in [2.24, 2.45) is 0 Å². The summed E-state index contributed by atoms with van der Waals surface area (Å²) in [6.45, 7) is 0.956. The van der Waals surface area contributed by atoms with E-state index in [-0.39, 0.29) is 5.54 Å². The third kappa shape index (κ3) is 1.60. The number of aromatic amines is 1. The number of hydrogen-bond acceptors (Lipinski definition) is 4. The number of nitrogens with zero attached hydrogens (tertiary/aromatic N) is 3. The van der Waals surface area contributed by atoms with E-state index < -0.39 is 0 Å². The Morgan fingerprint density at radius 3 is 2.96 bits per heavy atom. The number of pyridine rings is 1. The molecule has 6 nitrogen and oxygen atoms in total. The molecule has 0 amide bonds. The Morgan fingerprint density at radius 2 is 2.13 bits per heavy atom. The lowest BCUT2D eigenvalue weighted by Crippen LogP contribution is -2.78. The highest BCUT2D eigenvalue weighted by molar-refractivity contribution is 6.01. The van der Waals surface area contributed by atoms with Gasteiger partial charge in [0.1, 0.15) is 11.2 Å². The van der Waals surface area contributed by atoms with Crippen LogP contribution in [-0.4, -0.2) is 37.8 Å². The number of nitrogens with one attached hydrogen (secondary N) is 3. The molecule has 0 atom stereocenters. The summed E-state index contributed by atoms with van der Waals surface area (Å²) in [4.78, 5) is 12.2. The number of rotatable bonds is 5. The Morgan fingerprint density at radius 1 is 1.26 bits per heavy atom. The fourth-order valence-corrected chi connectivity index (χ4v) is 4.72. The highest BCUT2D eigenvalue weighted by Crippen LogP contribution is 2.65. The average Bonchev–Trinajstić information content (AvgIpc) is 3.01. The van der Waals surface area contributed by atoms with Crippen LogP contribution in [0.4, 0.5) is 0 Å². The van der Waals surface area contributed by atoms with E-state index in [2.05, 4.69) is 36.2 Å². The molecule has 3 aromatic rings. The summed E-state index contributed by atoms with van der Waals surface area (Å²) in [6.07, 6.45) is 12.2. The van der Waals surface area contributed by atoms with E-state index in [1.54, 1.807) is 0 Å². The molecule has 4 saturated carbocycles. The summed E-state index contributed by atoms with van der Waals surface area (Å²) in [5.74, 6) is 0.